The van der Waals surface area contributed by atoms with Gasteiger partial charge in [-0.05, 0) is 35.1 Å². The van der Waals surface area contributed by atoms with E-state index >= 15 is 0 Å². The minimum Gasteiger partial charge on any atom is -0.480 e. The summed E-state index contributed by atoms with van der Waals surface area (Å²) >= 11 is 0. The zero-order valence-corrected chi connectivity index (χ0v) is 18.6. The van der Waals surface area contributed by atoms with E-state index in [1.165, 1.54) is 0 Å². The van der Waals surface area contributed by atoms with E-state index in [0.717, 1.165) is 22.3 Å². The van der Waals surface area contributed by atoms with Crippen molar-refractivity contribution in [1.82, 2.24) is 10.6 Å². The van der Waals surface area contributed by atoms with Crippen molar-refractivity contribution in [2.45, 2.75) is 51.6 Å². The molecule has 0 saturated carbocycles. The highest BCUT2D eigenvalue weighted by Crippen LogP contribution is 2.44. The molecule has 170 valence electrons. The number of carbonyl (C=O) groups is 3. The zero-order chi connectivity index (χ0) is 23.3. The fourth-order valence-corrected chi connectivity index (χ4v) is 4.09. The number of fused-ring (bicyclic) bond motifs is 3. The summed E-state index contributed by atoms with van der Waals surface area (Å²) in [7, 11) is 0. The van der Waals surface area contributed by atoms with Crippen LogP contribution in [0, 0.1) is 5.92 Å². The SMILES string of the molecule is CC[C@H](C)[C@H](NC(=O)C[C@H](C)NC(=O)OCC1c2ccccc2-c2ccccc21)C(=O)O. The summed E-state index contributed by atoms with van der Waals surface area (Å²) in [5, 5.41) is 14.5. The number of rotatable bonds is 9. The predicted molar refractivity (Wildman–Crippen MR) is 121 cm³/mol. The minimum absolute atomic E-state index is 0.0373. The molecule has 0 radical (unpaired) electrons. The quantitative estimate of drug-likeness (QED) is 0.550. The first-order chi connectivity index (χ1) is 15.3. The van der Waals surface area contributed by atoms with E-state index in [1.807, 2.05) is 43.3 Å². The van der Waals surface area contributed by atoms with Gasteiger partial charge in [0.2, 0.25) is 5.91 Å². The molecule has 0 unspecified atom stereocenters. The van der Waals surface area contributed by atoms with Crippen molar-refractivity contribution in [1.29, 1.82) is 0 Å². The van der Waals surface area contributed by atoms with Crippen molar-refractivity contribution in [3.8, 4) is 11.1 Å². The van der Waals surface area contributed by atoms with Crippen LogP contribution in [0.1, 0.15) is 50.7 Å². The lowest BCUT2D eigenvalue weighted by Crippen LogP contribution is -2.47. The molecule has 32 heavy (non-hydrogen) atoms. The Kier molecular flexibility index (Phi) is 7.51. The van der Waals surface area contributed by atoms with E-state index in [1.54, 1.807) is 13.8 Å². The van der Waals surface area contributed by atoms with Gasteiger partial charge in [0.1, 0.15) is 12.6 Å². The Balaban J connectivity index is 1.53. The third kappa shape index (κ3) is 5.28. The summed E-state index contributed by atoms with van der Waals surface area (Å²) in [6.07, 6.45) is -0.0151. The molecule has 0 aromatic heterocycles. The standard InChI is InChI=1S/C25H30N2O5/c1-4-15(2)23(24(29)30)27-22(28)13-16(3)26-25(31)32-14-21-19-11-7-5-9-17(19)18-10-6-8-12-20(18)21/h5-12,15-16,21,23H,4,13-14H2,1-3H3,(H,26,31)(H,27,28)(H,29,30)/t15-,16-,23-/m0/s1. The molecule has 3 rings (SSSR count). The highest BCUT2D eigenvalue weighted by Gasteiger charge is 2.29. The van der Waals surface area contributed by atoms with Gasteiger partial charge < -0.3 is 20.5 Å². The van der Waals surface area contributed by atoms with Gasteiger partial charge in [-0.15, -0.1) is 0 Å². The smallest absolute Gasteiger partial charge is 0.407 e. The van der Waals surface area contributed by atoms with Crippen molar-refractivity contribution < 1.29 is 24.2 Å². The van der Waals surface area contributed by atoms with Crippen molar-refractivity contribution in [2.75, 3.05) is 6.61 Å². The lowest BCUT2D eigenvalue weighted by atomic mass is 9.98. The summed E-state index contributed by atoms with van der Waals surface area (Å²) in [5.74, 6) is -1.73. The monoisotopic (exact) mass is 438 g/mol. The second-order valence-corrected chi connectivity index (χ2v) is 8.34. The van der Waals surface area contributed by atoms with Crippen LogP contribution in [-0.2, 0) is 14.3 Å². The van der Waals surface area contributed by atoms with Crippen LogP contribution in [0.15, 0.2) is 48.5 Å². The molecule has 2 amide bonds. The number of alkyl carbamates (subject to hydrolysis) is 1. The molecule has 0 fully saturated rings. The van der Waals surface area contributed by atoms with E-state index in [0.29, 0.717) is 6.42 Å². The third-order valence-electron chi connectivity index (χ3n) is 6.00. The Hall–Kier alpha value is -3.35. The van der Waals surface area contributed by atoms with Gasteiger partial charge in [0.15, 0.2) is 0 Å². The molecular weight excluding hydrogens is 408 g/mol. The Morgan fingerprint density at radius 3 is 2.06 bits per heavy atom. The number of ether oxygens (including phenoxy) is 1. The fraction of sp³-hybridized carbons (Fsp3) is 0.400. The van der Waals surface area contributed by atoms with Crippen LogP contribution in [0.3, 0.4) is 0 Å². The first kappa shape index (κ1) is 23.3. The van der Waals surface area contributed by atoms with Crippen LogP contribution >= 0.6 is 0 Å². The molecule has 0 bridgehead atoms. The maximum absolute atomic E-state index is 12.3. The van der Waals surface area contributed by atoms with Crippen LogP contribution in [-0.4, -0.2) is 41.8 Å². The van der Waals surface area contributed by atoms with Gasteiger partial charge in [0, 0.05) is 18.4 Å². The van der Waals surface area contributed by atoms with E-state index in [2.05, 4.69) is 22.8 Å². The Labute approximate surface area is 188 Å². The first-order valence-corrected chi connectivity index (χ1v) is 11.0. The summed E-state index contributed by atoms with van der Waals surface area (Å²) in [6.45, 7) is 5.51. The van der Waals surface area contributed by atoms with E-state index in [4.69, 9.17) is 4.74 Å². The summed E-state index contributed by atoms with van der Waals surface area (Å²) in [4.78, 5) is 36.0. The summed E-state index contributed by atoms with van der Waals surface area (Å²) < 4.78 is 5.49. The molecule has 1 aliphatic rings. The van der Waals surface area contributed by atoms with Crippen LogP contribution in [0.5, 0.6) is 0 Å². The lowest BCUT2D eigenvalue weighted by Gasteiger charge is -2.21. The zero-order valence-electron chi connectivity index (χ0n) is 18.6. The molecule has 1 aliphatic carbocycles. The van der Waals surface area contributed by atoms with Gasteiger partial charge in [0.05, 0.1) is 0 Å². The highest BCUT2D eigenvalue weighted by atomic mass is 16.5. The molecule has 2 aromatic rings. The van der Waals surface area contributed by atoms with Crippen molar-refractivity contribution in [3.05, 3.63) is 59.7 Å². The average Bonchev–Trinajstić information content (AvgIpc) is 3.09. The summed E-state index contributed by atoms with van der Waals surface area (Å²) in [6, 6.07) is 14.7. The van der Waals surface area contributed by atoms with Crippen LogP contribution < -0.4 is 10.6 Å². The molecule has 7 heteroatoms. The molecule has 2 aromatic carbocycles. The van der Waals surface area contributed by atoms with E-state index < -0.39 is 30.1 Å². The highest BCUT2D eigenvalue weighted by molar-refractivity contribution is 5.84. The van der Waals surface area contributed by atoms with Gasteiger partial charge in [-0.25, -0.2) is 9.59 Å². The topological polar surface area (TPSA) is 105 Å². The Morgan fingerprint density at radius 2 is 1.53 bits per heavy atom. The first-order valence-electron chi connectivity index (χ1n) is 11.0. The minimum atomic E-state index is -1.06. The van der Waals surface area contributed by atoms with Crippen molar-refractivity contribution in [3.63, 3.8) is 0 Å². The van der Waals surface area contributed by atoms with Gasteiger partial charge in [0.25, 0.3) is 0 Å². The lowest BCUT2D eigenvalue weighted by molar-refractivity contribution is -0.143. The molecule has 0 heterocycles. The summed E-state index contributed by atoms with van der Waals surface area (Å²) in [5.41, 5.74) is 4.55. The number of carboxylic acids is 1. The van der Waals surface area contributed by atoms with E-state index in [9.17, 15) is 19.5 Å². The molecule has 3 atom stereocenters. The maximum atomic E-state index is 12.3. The number of nitrogens with one attached hydrogen (secondary N) is 2. The Bertz CT molecular complexity index is 944. The Morgan fingerprint density at radius 1 is 0.969 bits per heavy atom. The largest absolute Gasteiger partial charge is 0.480 e. The average molecular weight is 439 g/mol. The number of carboxylic acid groups (broad SMARTS) is 1. The number of hydrogen-bond acceptors (Lipinski definition) is 4. The van der Waals surface area contributed by atoms with Crippen LogP contribution in [0.4, 0.5) is 4.79 Å². The predicted octanol–water partition coefficient (Wildman–Crippen LogP) is 3.92. The maximum Gasteiger partial charge on any atom is 0.407 e. The molecule has 0 saturated heterocycles. The van der Waals surface area contributed by atoms with Gasteiger partial charge >= 0.3 is 12.1 Å². The molecular formula is C25H30N2O5. The molecule has 0 spiro atoms. The number of carbonyl (C=O) groups excluding carboxylic acids is 2. The number of amides is 2. The number of aliphatic carboxylic acids is 1. The molecule has 3 N–H and O–H groups in total. The fourth-order valence-electron chi connectivity index (χ4n) is 4.09. The number of hydrogen-bond donors (Lipinski definition) is 3. The van der Waals surface area contributed by atoms with E-state index in [-0.39, 0.29) is 24.9 Å². The van der Waals surface area contributed by atoms with Gasteiger partial charge in [-0.1, -0.05) is 68.8 Å². The molecule has 0 aliphatic heterocycles. The second-order valence-electron chi connectivity index (χ2n) is 8.34. The van der Waals surface area contributed by atoms with Crippen molar-refractivity contribution >= 4 is 18.0 Å². The third-order valence-corrected chi connectivity index (χ3v) is 6.00. The molecule has 7 nitrogen and oxygen atoms in total. The van der Waals surface area contributed by atoms with Crippen LogP contribution in [0.2, 0.25) is 0 Å². The second kappa shape index (κ2) is 10.3. The normalized spacial score (nSPS) is 15.1. The number of benzene rings is 2. The van der Waals surface area contributed by atoms with Gasteiger partial charge in [-0.2, -0.15) is 0 Å². The van der Waals surface area contributed by atoms with Crippen LogP contribution in [0.25, 0.3) is 11.1 Å². The van der Waals surface area contributed by atoms with Gasteiger partial charge in [-0.3, -0.25) is 4.79 Å². The van der Waals surface area contributed by atoms with Crippen molar-refractivity contribution in [2.24, 2.45) is 5.92 Å².